The van der Waals surface area contributed by atoms with Crippen molar-refractivity contribution in [3.05, 3.63) is 34.9 Å². The minimum absolute atomic E-state index is 0.152. The number of benzene rings is 1. The Morgan fingerprint density at radius 2 is 1.58 bits per heavy atom. The maximum atomic E-state index is 13.6. The number of rotatable bonds is 9. The summed E-state index contributed by atoms with van der Waals surface area (Å²) >= 11 is 0. The Morgan fingerprint density at radius 3 is 2.00 bits per heavy atom. The molecular formula is C24H38N4O5. The number of carbonyl (C=O) groups is 4. The van der Waals surface area contributed by atoms with Crippen LogP contribution in [-0.4, -0.2) is 52.9 Å². The normalized spacial score (nSPS) is 13.1. The van der Waals surface area contributed by atoms with Crippen LogP contribution in [-0.2, 0) is 19.1 Å². The van der Waals surface area contributed by atoms with Crippen molar-refractivity contribution in [2.45, 2.75) is 85.5 Å². The zero-order chi connectivity index (χ0) is 25.5. The molecule has 0 fully saturated rings. The van der Waals surface area contributed by atoms with Crippen molar-refractivity contribution in [3.63, 3.8) is 0 Å². The summed E-state index contributed by atoms with van der Waals surface area (Å²) in [5.74, 6) is -1.74. The highest BCUT2D eigenvalue weighted by molar-refractivity contribution is 5.94. The van der Waals surface area contributed by atoms with Crippen LogP contribution >= 0.6 is 0 Å². The number of nitrogens with one attached hydrogen (secondary N) is 2. The molecule has 0 radical (unpaired) electrons. The number of nitrogens with zero attached hydrogens (tertiary/aromatic N) is 1. The molecule has 0 heterocycles. The summed E-state index contributed by atoms with van der Waals surface area (Å²) < 4.78 is 5.24. The summed E-state index contributed by atoms with van der Waals surface area (Å²) in [7, 11) is 0. The molecule has 9 nitrogen and oxygen atoms in total. The van der Waals surface area contributed by atoms with Crippen LogP contribution in [0.4, 0.5) is 4.79 Å². The first kappa shape index (κ1) is 27.9. The van der Waals surface area contributed by atoms with Crippen LogP contribution in [0.15, 0.2) is 18.2 Å². The monoisotopic (exact) mass is 462 g/mol. The summed E-state index contributed by atoms with van der Waals surface area (Å²) in [6, 6.07) is 3.27. The lowest BCUT2D eigenvalue weighted by atomic mass is 9.98. The van der Waals surface area contributed by atoms with Crippen molar-refractivity contribution in [1.29, 1.82) is 0 Å². The SMILES string of the molecule is CCN(C(=O)C(CC(N)=O)NC(=O)OC(C)(C)C)C(C(=O)NC(C)C)c1cc(C)cc(C)c1. The van der Waals surface area contributed by atoms with Gasteiger partial charge in [0.15, 0.2) is 0 Å². The highest BCUT2D eigenvalue weighted by Gasteiger charge is 2.36. The number of amides is 4. The summed E-state index contributed by atoms with van der Waals surface area (Å²) in [5, 5.41) is 5.31. The van der Waals surface area contributed by atoms with E-state index < -0.39 is 42.0 Å². The van der Waals surface area contributed by atoms with Crippen molar-refractivity contribution in [3.8, 4) is 0 Å². The minimum atomic E-state index is -1.28. The van der Waals surface area contributed by atoms with E-state index in [0.717, 1.165) is 11.1 Å². The topological polar surface area (TPSA) is 131 Å². The lowest BCUT2D eigenvalue weighted by molar-refractivity contribution is -0.143. The van der Waals surface area contributed by atoms with Gasteiger partial charge >= 0.3 is 6.09 Å². The van der Waals surface area contributed by atoms with E-state index in [0.29, 0.717) is 5.56 Å². The van der Waals surface area contributed by atoms with Gasteiger partial charge in [-0.3, -0.25) is 14.4 Å². The molecule has 0 aliphatic carbocycles. The Balaban J connectivity index is 3.42. The van der Waals surface area contributed by atoms with Gasteiger partial charge < -0.3 is 26.0 Å². The second kappa shape index (κ2) is 11.7. The van der Waals surface area contributed by atoms with Gasteiger partial charge in [0.2, 0.25) is 17.7 Å². The lowest BCUT2D eigenvalue weighted by Gasteiger charge is -2.34. The number of carbonyl (C=O) groups excluding carboxylic acids is 4. The zero-order valence-corrected chi connectivity index (χ0v) is 20.9. The molecule has 0 spiro atoms. The predicted octanol–water partition coefficient (Wildman–Crippen LogP) is 2.49. The van der Waals surface area contributed by atoms with E-state index in [1.807, 2.05) is 45.9 Å². The van der Waals surface area contributed by atoms with E-state index in [2.05, 4.69) is 10.6 Å². The zero-order valence-electron chi connectivity index (χ0n) is 20.9. The van der Waals surface area contributed by atoms with Crippen molar-refractivity contribution in [2.24, 2.45) is 5.73 Å². The smallest absolute Gasteiger partial charge is 0.408 e. The fraction of sp³-hybridized carbons (Fsp3) is 0.583. The average molecular weight is 463 g/mol. The van der Waals surface area contributed by atoms with Gasteiger partial charge in [0.05, 0.1) is 6.42 Å². The molecule has 4 N–H and O–H groups in total. The van der Waals surface area contributed by atoms with Crippen LogP contribution < -0.4 is 16.4 Å². The highest BCUT2D eigenvalue weighted by atomic mass is 16.6. The molecule has 2 atom stereocenters. The Hall–Kier alpha value is -3.10. The highest BCUT2D eigenvalue weighted by Crippen LogP contribution is 2.25. The Morgan fingerprint density at radius 1 is 1.03 bits per heavy atom. The molecule has 2 unspecified atom stereocenters. The van der Waals surface area contributed by atoms with E-state index in [1.54, 1.807) is 27.7 Å². The molecule has 1 aromatic rings. The molecule has 184 valence electrons. The minimum Gasteiger partial charge on any atom is -0.444 e. The van der Waals surface area contributed by atoms with Crippen molar-refractivity contribution < 1.29 is 23.9 Å². The van der Waals surface area contributed by atoms with Gasteiger partial charge in [-0.25, -0.2) is 4.79 Å². The van der Waals surface area contributed by atoms with Gasteiger partial charge in [0.25, 0.3) is 0 Å². The van der Waals surface area contributed by atoms with Crippen LogP contribution in [0, 0.1) is 13.8 Å². The lowest BCUT2D eigenvalue weighted by Crippen LogP contribution is -2.54. The number of hydrogen-bond acceptors (Lipinski definition) is 5. The van der Waals surface area contributed by atoms with Crippen molar-refractivity contribution in [2.75, 3.05) is 6.54 Å². The molecule has 9 heteroatoms. The average Bonchev–Trinajstić information content (AvgIpc) is 2.61. The van der Waals surface area contributed by atoms with Gasteiger partial charge in [-0.05, 0) is 61.0 Å². The number of ether oxygens (including phenoxy) is 1. The third kappa shape index (κ3) is 9.11. The van der Waals surface area contributed by atoms with E-state index in [4.69, 9.17) is 10.5 Å². The number of primary amides is 1. The molecule has 0 aliphatic heterocycles. The molecule has 4 amide bonds. The van der Waals surface area contributed by atoms with Crippen LogP contribution in [0.25, 0.3) is 0 Å². The van der Waals surface area contributed by atoms with E-state index in [1.165, 1.54) is 4.90 Å². The van der Waals surface area contributed by atoms with Gasteiger partial charge in [-0.15, -0.1) is 0 Å². The second-order valence-corrected chi connectivity index (χ2v) is 9.48. The first-order chi connectivity index (χ1) is 15.1. The van der Waals surface area contributed by atoms with Crippen molar-refractivity contribution in [1.82, 2.24) is 15.5 Å². The molecule has 0 aromatic heterocycles. The number of likely N-dealkylation sites (N-methyl/N-ethyl adjacent to an activating group) is 1. The molecule has 33 heavy (non-hydrogen) atoms. The number of aryl methyl sites for hydroxylation is 2. The summed E-state index contributed by atoms with van der Waals surface area (Å²) in [5.41, 5.74) is 7.07. The fourth-order valence-electron chi connectivity index (χ4n) is 3.52. The number of nitrogens with two attached hydrogens (primary N) is 1. The molecule has 1 rings (SSSR count). The third-order valence-electron chi connectivity index (χ3n) is 4.57. The predicted molar refractivity (Wildman–Crippen MR) is 126 cm³/mol. The fourth-order valence-corrected chi connectivity index (χ4v) is 3.52. The van der Waals surface area contributed by atoms with Crippen LogP contribution in [0.2, 0.25) is 0 Å². The molecule has 1 aromatic carbocycles. The maximum absolute atomic E-state index is 13.6. The van der Waals surface area contributed by atoms with Crippen molar-refractivity contribution >= 4 is 23.8 Å². The largest absolute Gasteiger partial charge is 0.444 e. The summed E-state index contributed by atoms with van der Waals surface area (Å²) in [6.07, 6.45) is -1.28. The van der Waals surface area contributed by atoms with E-state index >= 15 is 0 Å². The molecule has 0 saturated heterocycles. The van der Waals surface area contributed by atoms with E-state index in [-0.39, 0.29) is 18.5 Å². The summed E-state index contributed by atoms with van der Waals surface area (Å²) in [4.78, 5) is 52.1. The van der Waals surface area contributed by atoms with Gasteiger partial charge in [-0.1, -0.05) is 29.3 Å². The number of hydrogen-bond donors (Lipinski definition) is 3. The Labute approximate surface area is 196 Å². The Kier molecular flexibility index (Phi) is 9.88. The maximum Gasteiger partial charge on any atom is 0.408 e. The van der Waals surface area contributed by atoms with Gasteiger partial charge in [0, 0.05) is 12.6 Å². The summed E-state index contributed by atoms with van der Waals surface area (Å²) in [6.45, 7) is 14.4. The molecule has 0 aliphatic rings. The van der Waals surface area contributed by atoms with Gasteiger partial charge in [-0.2, -0.15) is 0 Å². The van der Waals surface area contributed by atoms with E-state index in [9.17, 15) is 19.2 Å². The quantitative estimate of drug-likeness (QED) is 0.519. The molecule has 0 saturated carbocycles. The first-order valence-electron chi connectivity index (χ1n) is 11.1. The first-order valence-corrected chi connectivity index (χ1v) is 11.1. The third-order valence-corrected chi connectivity index (χ3v) is 4.57. The van der Waals surface area contributed by atoms with Crippen LogP contribution in [0.5, 0.6) is 0 Å². The van der Waals surface area contributed by atoms with Crippen LogP contribution in [0.1, 0.15) is 70.7 Å². The second-order valence-electron chi connectivity index (χ2n) is 9.48. The molecular weight excluding hydrogens is 424 g/mol. The van der Waals surface area contributed by atoms with Crippen LogP contribution in [0.3, 0.4) is 0 Å². The number of alkyl carbamates (subject to hydrolysis) is 1. The molecule has 0 bridgehead atoms. The van der Waals surface area contributed by atoms with Gasteiger partial charge in [0.1, 0.15) is 17.7 Å². The Bertz CT molecular complexity index is 856. The standard InChI is InChI=1S/C24H38N4O5/c1-9-28(22(31)18(13-19(25)29)27-23(32)33-24(6,7)8)20(21(30)26-14(2)3)17-11-15(4)10-16(5)12-17/h10-12,14,18,20H,9,13H2,1-8H3,(H2,25,29)(H,26,30)(H,27,32).